The molecular weight excluding hydrogens is 392 g/mol. The monoisotopic (exact) mass is 412 g/mol. The third-order valence-corrected chi connectivity index (χ3v) is 5.98. The van der Waals surface area contributed by atoms with Crippen LogP contribution in [0.2, 0.25) is 0 Å². The van der Waals surface area contributed by atoms with Gasteiger partial charge < -0.3 is 4.90 Å². The van der Waals surface area contributed by atoms with Gasteiger partial charge in [0.25, 0.3) is 5.91 Å². The van der Waals surface area contributed by atoms with E-state index in [0.717, 1.165) is 42.9 Å². The van der Waals surface area contributed by atoms with Gasteiger partial charge in [0.2, 0.25) is 0 Å². The molecule has 0 aliphatic carbocycles. The van der Waals surface area contributed by atoms with Crippen LogP contribution in [-0.2, 0) is 6.54 Å². The molecule has 1 aromatic heterocycles. The molecule has 6 heteroatoms. The van der Waals surface area contributed by atoms with Crippen LogP contribution in [-0.4, -0.2) is 52.1 Å². The highest BCUT2D eigenvalue weighted by molar-refractivity contribution is 9.10. The number of nitrogens with one attached hydrogen (secondary N) is 1. The fourth-order valence-corrected chi connectivity index (χ4v) is 3.83. The first-order chi connectivity index (χ1) is 12.6. The van der Waals surface area contributed by atoms with Crippen LogP contribution in [0.25, 0.3) is 10.8 Å². The molecule has 0 bridgehead atoms. The summed E-state index contributed by atoms with van der Waals surface area (Å²) in [5.41, 5.74) is 2.70. The molecule has 26 heavy (non-hydrogen) atoms. The minimum Gasteiger partial charge on any atom is -0.335 e. The smallest absolute Gasteiger partial charge is 0.275 e. The highest BCUT2D eigenvalue weighted by Gasteiger charge is 2.26. The summed E-state index contributed by atoms with van der Waals surface area (Å²) in [4.78, 5) is 17.0. The highest BCUT2D eigenvalue weighted by atomic mass is 79.9. The van der Waals surface area contributed by atoms with Crippen molar-refractivity contribution in [1.82, 2.24) is 20.0 Å². The molecule has 0 spiro atoms. The molecule has 5 nitrogen and oxygen atoms in total. The number of piperazine rings is 1. The number of hydrogen-bond acceptors (Lipinski definition) is 3. The molecule has 3 aromatic rings. The second-order valence-electron chi connectivity index (χ2n) is 6.72. The number of carbonyl (C=O) groups excluding carboxylic acids is 1. The fraction of sp³-hybridized carbons (Fsp3) is 0.300. The molecule has 0 atom stereocenters. The largest absolute Gasteiger partial charge is 0.335 e. The van der Waals surface area contributed by atoms with Crippen molar-refractivity contribution in [3.8, 4) is 0 Å². The maximum atomic E-state index is 12.7. The summed E-state index contributed by atoms with van der Waals surface area (Å²) in [6.45, 7) is 6.00. The van der Waals surface area contributed by atoms with Gasteiger partial charge >= 0.3 is 0 Å². The number of aromatic amines is 1. The summed E-state index contributed by atoms with van der Waals surface area (Å²) in [6, 6.07) is 15.0. The molecule has 2 heterocycles. The quantitative estimate of drug-likeness (QED) is 0.714. The van der Waals surface area contributed by atoms with Gasteiger partial charge in [0, 0.05) is 38.4 Å². The number of aryl methyl sites for hydroxylation is 1. The molecule has 1 saturated heterocycles. The standard InChI is InChI=1S/C20H21BrN4O/c1-14-18(21)19(23-22-14)20(26)25-11-9-24(10-12-25)13-16-7-4-6-15-5-2-3-8-17(15)16/h2-8H,9-13H2,1H3,(H,22,23). The third-order valence-electron chi connectivity index (χ3n) is 5.01. The van der Waals surface area contributed by atoms with E-state index in [2.05, 4.69) is 73.5 Å². The normalized spacial score (nSPS) is 15.5. The topological polar surface area (TPSA) is 52.2 Å². The van der Waals surface area contributed by atoms with Gasteiger partial charge in [0.05, 0.1) is 4.47 Å². The average Bonchev–Trinajstić information content (AvgIpc) is 3.01. The number of hydrogen-bond donors (Lipinski definition) is 1. The number of benzene rings is 2. The number of carbonyl (C=O) groups is 1. The summed E-state index contributed by atoms with van der Waals surface area (Å²) in [5, 5.41) is 9.58. The van der Waals surface area contributed by atoms with Crippen molar-refractivity contribution in [2.45, 2.75) is 13.5 Å². The fourth-order valence-electron chi connectivity index (χ4n) is 3.49. The predicted octanol–water partition coefficient (Wildman–Crippen LogP) is 3.59. The first-order valence-corrected chi connectivity index (χ1v) is 9.61. The van der Waals surface area contributed by atoms with E-state index in [-0.39, 0.29) is 5.91 Å². The van der Waals surface area contributed by atoms with Crippen molar-refractivity contribution in [1.29, 1.82) is 0 Å². The Kier molecular flexibility index (Phi) is 4.78. The van der Waals surface area contributed by atoms with Crippen molar-refractivity contribution < 1.29 is 4.79 Å². The van der Waals surface area contributed by atoms with Gasteiger partial charge in [-0.3, -0.25) is 14.8 Å². The Balaban J connectivity index is 1.42. The lowest BCUT2D eigenvalue weighted by molar-refractivity contribution is 0.0622. The van der Waals surface area contributed by atoms with Crippen LogP contribution in [0.3, 0.4) is 0 Å². The van der Waals surface area contributed by atoms with E-state index < -0.39 is 0 Å². The van der Waals surface area contributed by atoms with E-state index in [1.165, 1.54) is 16.3 Å². The lowest BCUT2D eigenvalue weighted by atomic mass is 10.0. The number of aromatic nitrogens is 2. The minimum absolute atomic E-state index is 0.00830. The Bertz CT molecular complexity index is 939. The Morgan fingerprint density at radius 2 is 1.85 bits per heavy atom. The van der Waals surface area contributed by atoms with Crippen molar-refractivity contribution >= 4 is 32.6 Å². The Labute approximate surface area is 161 Å². The van der Waals surface area contributed by atoms with Crippen LogP contribution in [0.1, 0.15) is 21.7 Å². The molecule has 0 radical (unpaired) electrons. The number of fused-ring (bicyclic) bond motifs is 1. The number of rotatable bonds is 3. The van der Waals surface area contributed by atoms with Gasteiger partial charge in [-0.1, -0.05) is 42.5 Å². The van der Waals surface area contributed by atoms with E-state index in [1.807, 2.05) is 11.8 Å². The van der Waals surface area contributed by atoms with E-state index >= 15 is 0 Å². The van der Waals surface area contributed by atoms with E-state index in [0.29, 0.717) is 5.69 Å². The van der Waals surface area contributed by atoms with Crippen LogP contribution in [0.4, 0.5) is 0 Å². The zero-order valence-electron chi connectivity index (χ0n) is 14.7. The highest BCUT2D eigenvalue weighted by Crippen LogP contribution is 2.22. The number of amides is 1. The Morgan fingerprint density at radius 3 is 2.58 bits per heavy atom. The average molecular weight is 413 g/mol. The molecule has 1 aliphatic heterocycles. The molecule has 1 fully saturated rings. The summed E-state index contributed by atoms with van der Waals surface area (Å²) in [5.74, 6) is -0.00830. The lowest BCUT2D eigenvalue weighted by Gasteiger charge is -2.34. The first-order valence-electron chi connectivity index (χ1n) is 8.82. The molecule has 1 amide bonds. The van der Waals surface area contributed by atoms with Gasteiger partial charge in [0.1, 0.15) is 0 Å². The van der Waals surface area contributed by atoms with Crippen molar-refractivity contribution in [3.63, 3.8) is 0 Å². The molecule has 0 unspecified atom stereocenters. The van der Waals surface area contributed by atoms with Gasteiger partial charge in [-0.2, -0.15) is 5.10 Å². The van der Waals surface area contributed by atoms with E-state index in [1.54, 1.807) is 0 Å². The number of halogens is 1. The molecule has 2 aromatic carbocycles. The van der Waals surface area contributed by atoms with Gasteiger partial charge in [0.15, 0.2) is 5.69 Å². The maximum absolute atomic E-state index is 12.7. The van der Waals surface area contributed by atoms with E-state index in [9.17, 15) is 4.79 Å². The Morgan fingerprint density at radius 1 is 1.12 bits per heavy atom. The molecule has 1 N–H and O–H groups in total. The minimum atomic E-state index is -0.00830. The zero-order chi connectivity index (χ0) is 18.1. The number of H-pyrrole nitrogens is 1. The second kappa shape index (κ2) is 7.21. The molecule has 134 valence electrons. The lowest BCUT2D eigenvalue weighted by Crippen LogP contribution is -2.48. The van der Waals surface area contributed by atoms with Crippen molar-refractivity contribution in [2.24, 2.45) is 0 Å². The van der Waals surface area contributed by atoms with Crippen molar-refractivity contribution in [2.75, 3.05) is 26.2 Å². The van der Waals surface area contributed by atoms with Crippen LogP contribution in [0, 0.1) is 6.92 Å². The summed E-state index contributed by atoms with van der Waals surface area (Å²) >= 11 is 3.44. The molecule has 0 saturated carbocycles. The maximum Gasteiger partial charge on any atom is 0.275 e. The summed E-state index contributed by atoms with van der Waals surface area (Å²) in [6.07, 6.45) is 0. The molecule has 1 aliphatic rings. The molecular formula is C20H21BrN4O. The third kappa shape index (κ3) is 3.27. The van der Waals surface area contributed by atoms with Crippen LogP contribution in [0.5, 0.6) is 0 Å². The van der Waals surface area contributed by atoms with Crippen LogP contribution in [0.15, 0.2) is 46.9 Å². The second-order valence-corrected chi connectivity index (χ2v) is 7.51. The van der Waals surface area contributed by atoms with Gasteiger partial charge in [-0.25, -0.2) is 0 Å². The Hall–Kier alpha value is -2.18. The first kappa shape index (κ1) is 17.2. The predicted molar refractivity (Wildman–Crippen MR) is 106 cm³/mol. The number of nitrogens with zero attached hydrogens (tertiary/aromatic N) is 3. The zero-order valence-corrected chi connectivity index (χ0v) is 16.3. The van der Waals surface area contributed by atoms with Crippen LogP contribution >= 0.6 is 15.9 Å². The van der Waals surface area contributed by atoms with Gasteiger partial charge in [-0.15, -0.1) is 0 Å². The summed E-state index contributed by atoms with van der Waals surface area (Å²) in [7, 11) is 0. The molecule has 4 rings (SSSR count). The van der Waals surface area contributed by atoms with E-state index in [4.69, 9.17) is 0 Å². The summed E-state index contributed by atoms with van der Waals surface area (Å²) < 4.78 is 0.765. The van der Waals surface area contributed by atoms with Crippen LogP contribution < -0.4 is 0 Å². The van der Waals surface area contributed by atoms with Gasteiger partial charge in [-0.05, 0) is 39.2 Å². The SMILES string of the molecule is Cc1[nH]nc(C(=O)N2CCN(Cc3cccc4ccccc34)CC2)c1Br. The van der Waals surface area contributed by atoms with Crippen molar-refractivity contribution in [3.05, 3.63) is 63.9 Å².